The van der Waals surface area contributed by atoms with E-state index in [0.717, 1.165) is 22.0 Å². The largest absolute Gasteiger partial charge is 0.379 e. The van der Waals surface area contributed by atoms with E-state index in [1.807, 2.05) is 17.0 Å². The van der Waals surface area contributed by atoms with Crippen molar-refractivity contribution in [1.29, 1.82) is 0 Å². The number of aromatic nitrogens is 3. The van der Waals surface area contributed by atoms with Gasteiger partial charge in [0.25, 0.3) is 0 Å². The number of alkyl halides is 1. The van der Waals surface area contributed by atoms with Crippen LogP contribution in [0.2, 0.25) is 0 Å². The average Bonchev–Trinajstić information content (AvgIpc) is 3.00. The maximum Gasteiger partial charge on any atom is 0.247 e. The van der Waals surface area contributed by atoms with E-state index in [0.29, 0.717) is 49.3 Å². The average molecular weight is 654 g/mol. The Morgan fingerprint density at radius 1 is 1.17 bits per heavy atom. The van der Waals surface area contributed by atoms with E-state index in [9.17, 15) is 17.6 Å². The van der Waals surface area contributed by atoms with Crippen LogP contribution < -0.4 is 20.4 Å². The number of hydrogen-bond donors (Lipinski definition) is 2. The first-order valence-corrected chi connectivity index (χ1v) is 17.3. The predicted molar refractivity (Wildman–Crippen MR) is 177 cm³/mol. The van der Waals surface area contributed by atoms with Crippen molar-refractivity contribution < 1.29 is 27.1 Å². The fraction of sp³-hybridized carbons (Fsp3) is 0.500. The summed E-state index contributed by atoms with van der Waals surface area (Å²) in [5.74, 6) is 1.16. The second-order valence-corrected chi connectivity index (χ2v) is 14.7. The fourth-order valence-corrected chi connectivity index (χ4v) is 8.31. The standard InChI is InChI=1S/C32H40FN7O5S/c1-5-30(41)36-24-13-25(40-15-20(16-40)27-18-45-10-11-46(27,42)43)22-14-35-29(12-21(22)31(24)19(2)3)37-28-6-8-34-32(38-28)39-9-7-26(44-4)23(33)17-39/h5-6,8,12-14,19-20,23,26-27H,1,7,9-11,15-18H2,2-4H3,(H,36,41)(H,34,35,37,38)/t23-,26+,27?/m0/s1. The van der Waals surface area contributed by atoms with E-state index < -0.39 is 27.4 Å². The molecule has 5 heterocycles. The van der Waals surface area contributed by atoms with Crippen molar-refractivity contribution in [1.82, 2.24) is 15.0 Å². The van der Waals surface area contributed by atoms with Gasteiger partial charge in [0.05, 0.1) is 36.9 Å². The summed E-state index contributed by atoms with van der Waals surface area (Å²) in [5.41, 5.74) is 2.44. The van der Waals surface area contributed by atoms with Crippen molar-refractivity contribution >= 4 is 55.5 Å². The number of halogens is 1. The molecule has 3 aromatic rings. The number of methoxy groups -OCH3 is 1. The van der Waals surface area contributed by atoms with Gasteiger partial charge in [-0.3, -0.25) is 4.79 Å². The van der Waals surface area contributed by atoms with Crippen LogP contribution in [0.1, 0.15) is 31.7 Å². The Kier molecular flexibility index (Phi) is 9.12. The number of ether oxygens (including phenoxy) is 2. The van der Waals surface area contributed by atoms with Crippen molar-refractivity contribution in [2.45, 2.75) is 43.7 Å². The highest BCUT2D eigenvalue weighted by molar-refractivity contribution is 7.92. The zero-order chi connectivity index (χ0) is 32.6. The lowest BCUT2D eigenvalue weighted by Crippen LogP contribution is -2.57. The Hall–Kier alpha value is -3.88. The van der Waals surface area contributed by atoms with Crippen LogP contribution >= 0.6 is 0 Å². The Labute approximate surface area is 268 Å². The van der Waals surface area contributed by atoms with Crippen LogP contribution in [0.3, 0.4) is 0 Å². The van der Waals surface area contributed by atoms with Gasteiger partial charge in [0.2, 0.25) is 11.9 Å². The van der Waals surface area contributed by atoms with Gasteiger partial charge < -0.3 is 29.9 Å². The number of rotatable bonds is 9. The lowest BCUT2D eigenvalue weighted by atomic mass is 9.90. The summed E-state index contributed by atoms with van der Waals surface area (Å²) in [4.78, 5) is 30.2. The number of pyridine rings is 1. The summed E-state index contributed by atoms with van der Waals surface area (Å²) >= 11 is 0. The second kappa shape index (κ2) is 13.1. The maximum absolute atomic E-state index is 14.6. The van der Waals surface area contributed by atoms with Crippen LogP contribution in [0.15, 0.2) is 43.2 Å². The molecule has 0 aliphatic carbocycles. The first kappa shape index (κ1) is 32.1. The van der Waals surface area contributed by atoms with Crippen LogP contribution in [0.4, 0.5) is 33.3 Å². The first-order valence-electron chi connectivity index (χ1n) is 15.5. The molecule has 2 aromatic heterocycles. The lowest BCUT2D eigenvalue weighted by Gasteiger charge is -2.45. The van der Waals surface area contributed by atoms with Gasteiger partial charge in [-0.1, -0.05) is 20.4 Å². The molecule has 0 bridgehead atoms. The molecule has 1 unspecified atom stereocenters. The van der Waals surface area contributed by atoms with E-state index in [1.54, 1.807) is 18.5 Å². The highest BCUT2D eigenvalue weighted by Gasteiger charge is 2.43. The van der Waals surface area contributed by atoms with Crippen molar-refractivity contribution in [2.75, 3.05) is 72.7 Å². The monoisotopic (exact) mass is 653 g/mol. The molecule has 3 atom stereocenters. The number of sulfone groups is 1. The normalized spacial score (nSPS) is 23.3. The topological polar surface area (TPSA) is 139 Å². The van der Waals surface area contributed by atoms with E-state index in [-0.39, 0.29) is 43.3 Å². The fourth-order valence-electron chi connectivity index (χ4n) is 6.59. The quantitative estimate of drug-likeness (QED) is 0.326. The molecule has 0 radical (unpaired) electrons. The van der Waals surface area contributed by atoms with Crippen molar-refractivity contribution in [2.24, 2.45) is 5.92 Å². The highest BCUT2D eigenvalue weighted by Crippen LogP contribution is 2.42. The number of nitrogens with one attached hydrogen (secondary N) is 2. The molecule has 3 saturated heterocycles. The van der Waals surface area contributed by atoms with Crippen LogP contribution in [0, 0.1) is 5.92 Å². The number of carbonyl (C=O) groups is 1. The van der Waals surface area contributed by atoms with Crippen LogP contribution in [-0.4, -0.2) is 99.1 Å². The third kappa shape index (κ3) is 6.38. The molecule has 14 heteroatoms. The number of amides is 1. The van der Waals surface area contributed by atoms with Gasteiger partial charge >= 0.3 is 0 Å². The van der Waals surface area contributed by atoms with Crippen LogP contribution in [0.5, 0.6) is 0 Å². The molecular formula is C32H40FN7O5S. The van der Waals surface area contributed by atoms with Crippen molar-refractivity contribution in [3.8, 4) is 0 Å². The van der Waals surface area contributed by atoms with E-state index >= 15 is 0 Å². The lowest BCUT2D eigenvalue weighted by molar-refractivity contribution is -0.111. The van der Waals surface area contributed by atoms with Gasteiger partial charge in [-0.25, -0.2) is 22.8 Å². The molecule has 3 fully saturated rings. The van der Waals surface area contributed by atoms with Gasteiger partial charge in [-0.2, -0.15) is 4.98 Å². The SMILES string of the molecule is C=CC(=O)Nc1cc(N2CC(C3COCCS3(=O)=O)C2)c2cnc(Nc3ccnc(N4CC[C@@H](OC)[C@@H](F)C4)n3)cc2c1C(C)C. The number of anilines is 5. The Bertz CT molecular complexity index is 1730. The summed E-state index contributed by atoms with van der Waals surface area (Å²) < 4.78 is 50.8. The first-order chi connectivity index (χ1) is 22.1. The molecule has 6 rings (SSSR count). The minimum absolute atomic E-state index is 0.0370. The summed E-state index contributed by atoms with van der Waals surface area (Å²) in [6.45, 7) is 10.00. The number of hydrogen-bond acceptors (Lipinski definition) is 11. The van der Waals surface area contributed by atoms with Gasteiger partial charge in [0, 0.05) is 61.8 Å². The van der Waals surface area contributed by atoms with Gasteiger partial charge in [0.15, 0.2) is 9.84 Å². The summed E-state index contributed by atoms with van der Waals surface area (Å²) in [6, 6.07) is 5.60. The number of fused-ring (bicyclic) bond motifs is 1. The van der Waals surface area contributed by atoms with E-state index in [2.05, 4.69) is 45.9 Å². The Morgan fingerprint density at radius 2 is 1.98 bits per heavy atom. The molecule has 1 aromatic carbocycles. The third-order valence-corrected chi connectivity index (χ3v) is 11.2. The molecule has 3 aliphatic rings. The number of benzene rings is 1. The molecule has 246 valence electrons. The molecule has 0 spiro atoms. The van der Waals surface area contributed by atoms with Crippen molar-refractivity contribution in [3.05, 3.63) is 48.8 Å². The summed E-state index contributed by atoms with van der Waals surface area (Å²) in [7, 11) is -1.69. The van der Waals surface area contributed by atoms with Crippen molar-refractivity contribution in [3.63, 3.8) is 0 Å². The zero-order valence-corrected chi connectivity index (χ0v) is 27.1. The summed E-state index contributed by atoms with van der Waals surface area (Å²) in [6.07, 6.45) is 3.62. The molecule has 3 aliphatic heterocycles. The Balaban J connectivity index is 1.32. The second-order valence-electron chi connectivity index (χ2n) is 12.4. The smallest absolute Gasteiger partial charge is 0.247 e. The molecule has 2 N–H and O–H groups in total. The van der Waals surface area contributed by atoms with Crippen LogP contribution in [-0.2, 0) is 24.1 Å². The van der Waals surface area contributed by atoms with Crippen LogP contribution in [0.25, 0.3) is 10.8 Å². The number of carbonyl (C=O) groups excluding carboxylic acids is 1. The Morgan fingerprint density at radius 3 is 2.67 bits per heavy atom. The van der Waals surface area contributed by atoms with E-state index in [4.69, 9.17) is 14.5 Å². The predicted octanol–water partition coefficient (Wildman–Crippen LogP) is 3.83. The number of nitrogens with zero attached hydrogens (tertiary/aromatic N) is 5. The highest BCUT2D eigenvalue weighted by atomic mass is 32.2. The zero-order valence-electron chi connectivity index (χ0n) is 26.3. The van der Waals surface area contributed by atoms with E-state index in [1.165, 1.54) is 13.2 Å². The molecule has 0 saturated carbocycles. The van der Waals surface area contributed by atoms with Gasteiger partial charge in [-0.05, 0) is 47.6 Å². The maximum atomic E-state index is 14.6. The van der Waals surface area contributed by atoms with Gasteiger partial charge in [-0.15, -0.1) is 0 Å². The molecule has 1 amide bonds. The minimum Gasteiger partial charge on any atom is -0.379 e. The van der Waals surface area contributed by atoms with Gasteiger partial charge in [0.1, 0.15) is 17.8 Å². The minimum atomic E-state index is -3.21. The summed E-state index contributed by atoms with van der Waals surface area (Å²) in [5, 5.41) is 7.50. The molecule has 46 heavy (non-hydrogen) atoms. The molecule has 12 nitrogen and oxygen atoms in total. The third-order valence-electron chi connectivity index (χ3n) is 9.06. The number of piperidine rings is 1. The molecular weight excluding hydrogens is 613 g/mol.